The highest BCUT2D eigenvalue weighted by molar-refractivity contribution is 6.01. The van der Waals surface area contributed by atoms with Crippen LogP contribution in [0.2, 0.25) is 0 Å². The average molecular weight is 1640 g/mol. The van der Waals surface area contributed by atoms with E-state index in [1.807, 2.05) is 136 Å². The first kappa shape index (κ1) is 79.9. The van der Waals surface area contributed by atoms with Gasteiger partial charge >= 0.3 is 0 Å². The molecule has 17 nitrogen and oxygen atoms in total. The first-order valence-electron chi connectivity index (χ1n) is 42.4. The lowest BCUT2D eigenvalue weighted by Gasteiger charge is -2.15. The standard InChI is InChI=1S/C22H16FN3.2C22H17N3.2C21H18N4/c23-20-13-24-10-9-18(20)19-12-21(15-6-7-15)25-26-22(19)17-8-5-14-3-1-2-4-16(14)11-17;1-2-6-18-15(4-1)5-3-7-19(18)22-20(16-10-12-23-13-11-16)14-21(24-25-22)17-8-9-17;1-2-4-18-13-19(8-5-15(18)3-1)22-20(16-9-11-23-12-10-16)14-21(24-25-22)17-6-7-17;1-25(2)20-14-19(16-10-12-22-13-11-16)21(24-23-20)18-9-5-7-15-6-3-4-8-17(15)18;1-25(2)20-14-19(16-9-11-22-12-10-16)21(24-23-20)18-8-7-15-5-3-4-6-17(15)13-18/h1-5,8-13,15H,6-7H2;1-7,10-14,17H,8-9H2;1-5,8-14,17H,6-7H2;2*3-14H,1-2H3. The summed E-state index contributed by atoms with van der Waals surface area (Å²) in [5.41, 5.74) is 22.9. The molecule has 0 saturated heterocycles. The molecular formula is C108H86FN17. The van der Waals surface area contributed by atoms with Crippen molar-refractivity contribution < 1.29 is 4.39 Å². The fourth-order valence-corrected chi connectivity index (χ4v) is 15.9. The number of halogens is 1. The molecule has 3 fully saturated rings. The number of aromatic nitrogens is 15. The number of anilines is 2. The minimum Gasteiger partial charge on any atom is -0.361 e. The van der Waals surface area contributed by atoms with Crippen LogP contribution in [0, 0.1) is 5.82 Å². The third-order valence-corrected chi connectivity index (χ3v) is 23.1. The zero-order chi connectivity index (χ0) is 85.2. The maximum Gasteiger partial charge on any atom is 0.151 e. The fraction of sp³-hybridized carbons (Fsp3) is 0.120. The SMILES string of the molecule is CN(C)c1cc(-c2ccncc2)c(-c2ccc3ccccc3c2)nn1.CN(C)c1cc(-c2ccncc2)c(-c2cccc3ccccc23)nn1.Fc1cnccc1-c1cc(C2CC2)nnc1-c1ccc2ccccc2c1.c1ccc2c(-c3nnc(C4CC4)cc3-c3ccncc3)cccc2c1.c1ccc2cc(-c3nnc(C4CC4)cc3-c3ccncc3)ccc2c1. The maximum absolute atomic E-state index is 14.5. The molecular weight excluding hydrogens is 1550 g/mol. The van der Waals surface area contributed by atoms with E-state index in [0.29, 0.717) is 29.0 Å². The van der Waals surface area contributed by atoms with E-state index in [9.17, 15) is 4.39 Å². The molecule has 3 aliphatic rings. The Morgan fingerprint density at radius 1 is 0.222 bits per heavy atom. The third kappa shape index (κ3) is 17.9. The lowest BCUT2D eigenvalue weighted by atomic mass is 9.95. The molecule has 20 aromatic rings. The highest BCUT2D eigenvalue weighted by Gasteiger charge is 2.30. The van der Waals surface area contributed by atoms with Gasteiger partial charge in [-0.05, 0) is 218 Å². The molecule has 23 rings (SSSR count). The van der Waals surface area contributed by atoms with Crippen LogP contribution in [0.5, 0.6) is 0 Å². The van der Waals surface area contributed by atoms with E-state index in [1.54, 1.807) is 37.1 Å². The van der Waals surface area contributed by atoms with Crippen molar-refractivity contribution in [3.8, 4) is 112 Å². The Labute approximate surface area is 729 Å². The molecule has 0 spiro atoms. The van der Waals surface area contributed by atoms with Gasteiger partial charge < -0.3 is 9.80 Å². The summed E-state index contributed by atoms with van der Waals surface area (Å²) in [6, 6.07) is 102. The molecule has 0 unspecified atom stereocenters. The van der Waals surface area contributed by atoms with Crippen LogP contribution in [0.4, 0.5) is 16.0 Å². The van der Waals surface area contributed by atoms with Crippen LogP contribution in [0.15, 0.2) is 359 Å². The van der Waals surface area contributed by atoms with E-state index in [0.717, 1.165) is 153 Å². The van der Waals surface area contributed by atoms with Crippen LogP contribution < -0.4 is 9.80 Å². The van der Waals surface area contributed by atoms with E-state index in [2.05, 4.69) is 294 Å². The summed E-state index contributed by atoms with van der Waals surface area (Å²) in [7, 11) is 7.88. The van der Waals surface area contributed by atoms with Crippen LogP contribution >= 0.6 is 0 Å². The molecule has 610 valence electrons. The minimum atomic E-state index is -0.343. The molecule has 3 saturated carbocycles. The zero-order valence-corrected chi connectivity index (χ0v) is 70.0. The topological polar surface area (TPSA) is 200 Å². The van der Waals surface area contributed by atoms with Gasteiger partial charge in [0.2, 0.25) is 0 Å². The molecule has 0 amide bonds. The van der Waals surface area contributed by atoms with Gasteiger partial charge in [0.25, 0.3) is 0 Å². The number of benzene rings is 10. The van der Waals surface area contributed by atoms with Crippen molar-refractivity contribution in [1.82, 2.24) is 75.9 Å². The van der Waals surface area contributed by atoms with Crippen molar-refractivity contribution in [2.24, 2.45) is 0 Å². The van der Waals surface area contributed by atoms with Crippen molar-refractivity contribution >= 4 is 65.5 Å². The van der Waals surface area contributed by atoms with Gasteiger partial charge in [-0.1, -0.05) is 194 Å². The van der Waals surface area contributed by atoms with Gasteiger partial charge in [0.1, 0.15) is 34.3 Å². The summed E-state index contributed by atoms with van der Waals surface area (Å²) in [4.78, 5) is 24.4. The summed E-state index contributed by atoms with van der Waals surface area (Å²) < 4.78 is 14.5. The Hall–Kier alpha value is -15.8. The second kappa shape index (κ2) is 36.5. The number of hydrogen-bond donors (Lipinski definition) is 0. The Bertz CT molecular complexity index is 6950. The van der Waals surface area contributed by atoms with Gasteiger partial charge in [-0.2, -0.15) is 15.3 Å². The predicted octanol–water partition coefficient (Wildman–Crippen LogP) is 24.7. The molecule has 10 aromatic heterocycles. The summed E-state index contributed by atoms with van der Waals surface area (Å²) in [5.74, 6) is 2.93. The van der Waals surface area contributed by atoms with Gasteiger partial charge in [0.05, 0.1) is 23.3 Å². The van der Waals surface area contributed by atoms with Crippen molar-refractivity contribution in [1.29, 1.82) is 0 Å². The van der Waals surface area contributed by atoms with Crippen LogP contribution in [-0.2, 0) is 0 Å². The summed E-state index contributed by atoms with van der Waals surface area (Å²) in [6.45, 7) is 0. The van der Waals surface area contributed by atoms with Gasteiger partial charge in [-0.25, -0.2) is 4.39 Å². The van der Waals surface area contributed by atoms with E-state index < -0.39 is 0 Å². The molecule has 0 radical (unpaired) electrons. The van der Waals surface area contributed by atoms with Crippen LogP contribution in [0.25, 0.3) is 166 Å². The molecule has 10 aromatic carbocycles. The Morgan fingerprint density at radius 3 is 0.889 bits per heavy atom. The number of rotatable bonds is 15. The highest BCUT2D eigenvalue weighted by atomic mass is 19.1. The monoisotopic (exact) mass is 1640 g/mol. The second-order valence-corrected chi connectivity index (χ2v) is 32.2. The largest absolute Gasteiger partial charge is 0.361 e. The smallest absolute Gasteiger partial charge is 0.151 e. The normalized spacial score (nSPS) is 12.7. The summed E-state index contributed by atoms with van der Waals surface area (Å²) in [5, 5.41) is 57.1. The van der Waals surface area contributed by atoms with Crippen LogP contribution in [0.1, 0.15) is 73.4 Å². The summed E-state index contributed by atoms with van der Waals surface area (Å²) in [6.07, 6.45) is 24.5. The van der Waals surface area contributed by atoms with Gasteiger partial charge in [-0.15, -0.1) is 35.7 Å². The van der Waals surface area contributed by atoms with E-state index in [1.165, 1.54) is 75.0 Å². The third-order valence-electron chi connectivity index (χ3n) is 23.1. The molecule has 10 heterocycles. The molecule has 0 atom stereocenters. The van der Waals surface area contributed by atoms with Gasteiger partial charge in [-0.3, -0.25) is 24.9 Å². The molecule has 126 heavy (non-hydrogen) atoms. The van der Waals surface area contributed by atoms with Gasteiger partial charge in [0.15, 0.2) is 11.6 Å². The second-order valence-electron chi connectivity index (χ2n) is 32.2. The maximum atomic E-state index is 14.5. The highest BCUT2D eigenvalue weighted by Crippen LogP contribution is 2.46. The lowest BCUT2D eigenvalue weighted by molar-refractivity contribution is 0.625. The predicted molar refractivity (Wildman–Crippen MR) is 506 cm³/mol. The van der Waals surface area contributed by atoms with Crippen molar-refractivity contribution in [2.45, 2.75) is 56.3 Å². The number of hydrogen-bond acceptors (Lipinski definition) is 17. The zero-order valence-electron chi connectivity index (χ0n) is 70.0. The Morgan fingerprint density at radius 2 is 0.516 bits per heavy atom. The average Bonchev–Trinajstić information content (AvgIpc) is 1.61. The quantitative estimate of drug-likeness (QED) is 0.0937. The minimum absolute atomic E-state index is 0.343. The van der Waals surface area contributed by atoms with Crippen LogP contribution in [-0.4, -0.2) is 104 Å². The van der Waals surface area contributed by atoms with E-state index in [4.69, 9.17) is 0 Å². The number of nitrogens with zero attached hydrogens (tertiary/aromatic N) is 17. The van der Waals surface area contributed by atoms with Crippen molar-refractivity contribution in [2.75, 3.05) is 38.0 Å². The van der Waals surface area contributed by atoms with Crippen molar-refractivity contribution in [3.05, 3.63) is 382 Å². The van der Waals surface area contributed by atoms with E-state index in [-0.39, 0.29) is 5.82 Å². The first-order chi connectivity index (χ1) is 62.0. The van der Waals surface area contributed by atoms with Crippen molar-refractivity contribution in [3.63, 3.8) is 0 Å². The molecule has 3 aliphatic carbocycles. The van der Waals surface area contributed by atoms with Gasteiger partial charge in [0, 0.05) is 163 Å². The first-order valence-corrected chi connectivity index (χ1v) is 42.4. The number of pyridine rings is 5. The van der Waals surface area contributed by atoms with E-state index >= 15 is 0 Å². The Balaban J connectivity index is 0.000000103. The Kier molecular flexibility index (Phi) is 23.1. The summed E-state index contributed by atoms with van der Waals surface area (Å²) >= 11 is 0. The molecule has 0 N–H and O–H groups in total. The number of fused-ring (bicyclic) bond motifs is 5. The molecule has 0 aliphatic heterocycles. The van der Waals surface area contributed by atoms with Crippen LogP contribution in [0.3, 0.4) is 0 Å². The molecule has 18 heteroatoms. The fourth-order valence-electron chi connectivity index (χ4n) is 15.9. The lowest BCUT2D eigenvalue weighted by Crippen LogP contribution is -2.12. The molecule has 0 bridgehead atoms.